The lowest BCUT2D eigenvalue weighted by molar-refractivity contribution is 0.214. The zero-order chi connectivity index (χ0) is 15.1. The van der Waals surface area contributed by atoms with Gasteiger partial charge in [0.2, 0.25) is 0 Å². The van der Waals surface area contributed by atoms with Gasteiger partial charge >= 0.3 is 0 Å². The second-order valence-corrected chi connectivity index (χ2v) is 4.57. The van der Waals surface area contributed by atoms with E-state index in [0.29, 0.717) is 22.9 Å². The van der Waals surface area contributed by atoms with Crippen LogP contribution in [0.3, 0.4) is 0 Å². The Kier molecular flexibility index (Phi) is 5.19. The molecule has 0 heterocycles. The summed E-state index contributed by atoms with van der Waals surface area (Å²) in [4.78, 5) is 4.69. The Balaban J connectivity index is 2.21. The summed E-state index contributed by atoms with van der Waals surface area (Å²) in [5.41, 5.74) is 1.74. The molecule has 0 N–H and O–H groups in total. The number of hydrogen-bond acceptors (Lipinski definition) is 4. The molecule has 0 aliphatic heterocycles. The number of oxime groups is 1. The summed E-state index contributed by atoms with van der Waals surface area (Å²) in [6.45, 7) is 0.306. The number of halogens is 1. The quantitative estimate of drug-likeness (QED) is 0.623. The zero-order valence-corrected chi connectivity index (χ0v) is 12.2. The van der Waals surface area contributed by atoms with Crippen molar-refractivity contribution >= 4 is 17.3 Å². The Morgan fingerprint density at radius 2 is 2.05 bits per heavy atom. The van der Waals surface area contributed by atoms with Gasteiger partial charge in [0.15, 0.2) is 5.71 Å². The molecule has 0 spiro atoms. The van der Waals surface area contributed by atoms with E-state index in [2.05, 4.69) is 9.99 Å². The first kappa shape index (κ1) is 14.9. The van der Waals surface area contributed by atoms with Crippen LogP contribution in [0, 0.1) is 11.3 Å². The van der Waals surface area contributed by atoms with Crippen LogP contribution in [0.25, 0.3) is 0 Å². The molecule has 4 nitrogen and oxygen atoms in total. The minimum Gasteiger partial charge on any atom is -0.489 e. The van der Waals surface area contributed by atoms with Gasteiger partial charge in [-0.2, -0.15) is 5.26 Å². The molecule has 106 valence electrons. The van der Waals surface area contributed by atoms with Crippen LogP contribution in [0.1, 0.15) is 11.1 Å². The molecule has 0 bridgehead atoms. The van der Waals surface area contributed by atoms with E-state index in [-0.39, 0.29) is 5.71 Å². The smallest absolute Gasteiger partial charge is 0.187 e. The van der Waals surface area contributed by atoms with Crippen LogP contribution in [0.2, 0.25) is 5.02 Å². The predicted molar refractivity (Wildman–Crippen MR) is 81.4 cm³/mol. The molecule has 0 unspecified atom stereocenters. The van der Waals surface area contributed by atoms with Crippen molar-refractivity contribution in [3.8, 4) is 11.8 Å². The predicted octanol–water partition coefficient (Wildman–Crippen LogP) is 3.79. The number of rotatable bonds is 5. The molecule has 0 aromatic heterocycles. The van der Waals surface area contributed by atoms with Crippen LogP contribution in [0.5, 0.6) is 5.75 Å². The molecule has 2 aromatic carbocycles. The third-order valence-corrected chi connectivity index (χ3v) is 2.99. The van der Waals surface area contributed by atoms with E-state index in [1.54, 1.807) is 18.2 Å². The van der Waals surface area contributed by atoms with E-state index in [9.17, 15) is 0 Å². The van der Waals surface area contributed by atoms with Gasteiger partial charge in [-0.1, -0.05) is 47.1 Å². The first-order valence-corrected chi connectivity index (χ1v) is 6.60. The summed E-state index contributed by atoms with van der Waals surface area (Å²) in [5, 5.41) is 13.5. The third kappa shape index (κ3) is 3.98. The molecule has 0 aliphatic carbocycles. The van der Waals surface area contributed by atoms with Crippen molar-refractivity contribution in [1.29, 1.82) is 5.26 Å². The Labute approximate surface area is 128 Å². The summed E-state index contributed by atoms with van der Waals surface area (Å²) in [6.07, 6.45) is 0. The van der Waals surface area contributed by atoms with E-state index in [0.717, 1.165) is 5.56 Å². The van der Waals surface area contributed by atoms with Crippen molar-refractivity contribution in [3.63, 3.8) is 0 Å². The summed E-state index contributed by atoms with van der Waals surface area (Å²) in [6, 6.07) is 16.6. The van der Waals surface area contributed by atoms with Crippen LogP contribution in [-0.4, -0.2) is 12.8 Å². The molecule has 0 fully saturated rings. The number of hydrogen-bond donors (Lipinski definition) is 0. The van der Waals surface area contributed by atoms with Crippen LogP contribution in [0.4, 0.5) is 0 Å². The number of benzene rings is 2. The number of nitriles is 1. The second-order valence-electron chi connectivity index (χ2n) is 4.14. The molecule has 0 saturated heterocycles. The Hall–Kier alpha value is -2.51. The fraction of sp³-hybridized carbons (Fsp3) is 0.125. The summed E-state index contributed by atoms with van der Waals surface area (Å²) in [5.74, 6) is 0.666. The zero-order valence-electron chi connectivity index (χ0n) is 11.4. The maximum atomic E-state index is 9.14. The summed E-state index contributed by atoms with van der Waals surface area (Å²) < 4.78 is 5.70. The fourth-order valence-electron chi connectivity index (χ4n) is 1.82. The molecule has 0 atom stereocenters. The topological polar surface area (TPSA) is 54.6 Å². The van der Waals surface area contributed by atoms with Gasteiger partial charge in [-0.05, 0) is 23.8 Å². The average Bonchev–Trinajstić information content (AvgIpc) is 2.51. The van der Waals surface area contributed by atoms with Gasteiger partial charge in [0.1, 0.15) is 25.5 Å². The monoisotopic (exact) mass is 300 g/mol. The lowest BCUT2D eigenvalue weighted by Crippen LogP contribution is -2.06. The van der Waals surface area contributed by atoms with Gasteiger partial charge in [-0.15, -0.1) is 0 Å². The molecular formula is C16H13ClN2O2. The Morgan fingerprint density at radius 3 is 2.76 bits per heavy atom. The van der Waals surface area contributed by atoms with Crippen molar-refractivity contribution in [1.82, 2.24) is 0 Å². The van der Waals surface area contributed by atoms with Crippen LogP contribution in [0.15, 0.2) is 53.7 Å². The van der Waals surface area contributed by atoms with E-state index in [1.807, 2.05) is 36.4 Å². The van der Waals surface area contributed by atoms with Gasteiger partial charge in [-0.3, -0.25) is 0 Å². The average molecular weight is 301 g/mol. The first-order chi connectivity index (χ1) is 10.2. The number of nitrogens with zero attached hydrogens (tertiary/aromatic N) is 2. The Bertz CT molecular complexity index is 693. The van der Waals surface area contributed by atoms with Gasteiger partial charge in [0.05, 0.1) is 0 Å². The van der Waals surface area contributed by atoms with Crippen LogP contribution in [-0.2, 0) is 11.4 Å². The standard InChI is InChI=1S/C16H13ClN2O2/c1-20-19-16(10-18)15-8-3-2-5-12(15)11-21-14-7-4-6-13(17)9-14/h2-9H,11H2,1H3. The van der Waals surface area contributed by atoms with Crippen molar-refractivity contribution in [2.45, 2.75) is 6.61 Å². The van der Waals surface area contributed by atoms with Crippen molar-refractivity contribution in [2.75, 3.05) is 7.11 Å². The van der Waals surface area contributed by atoms with E-state index in [1.165, 1.54) is 7.11 Å². The number of ether oxygens (including phenoxy) is 1. The normalized spacial score (nSPS) is 10.8. The highest BCUT2D eigenvalue weighted by atomic mass is 35.5. The lowest BCUT2D eigenvalue weighted by atomic mass is 10.0. The van der Waals surface area contributed by atoms with Crippen LogP contribution < -0.4 is 4.74 Å². The molecule has 0 saturated carbocycles. The van der Waals surface area contributed by atoms with Gasteiger partial charge in [-0.25, -0.2) is 0 Å². The van der Waals surface area contributed by atoms with E-state index in [4.69, 9.17) is 21.6 Å². The van der Waals surface area contributed by atoms with Crippen LogP contribution >= 0.6 is 11.6 Å². The highest BCUT2D eigenvalue weighted by molar-refractivity contribution is 6.30. The third-order valence-electron chi connectivity index (χ3n) is 2.75. The molecular weight excluding hydrogens is 288 g/mol. The van der Waals surface area contributed by atoms with Crippen molar-refractivity contribution < 1.29 is 9.57 Å². The maximum absolute atomic E-state index is 9.14. The molecule has 2 aromatic rings. The van der Waals surface area contributed by atoms with Gasteiger partial charge in [0.25, 0.3) is 0 Å². The van der Waals surface area contributed by atoms with Gasteiger partial charge < -0.3 is 9.57 Å². The molecule has 0 radical (unpaired) electrons. The highest BCUT2D eigenvalue weighted by Gasteiger charge is 2.10. The lowest BCUT2D eigenvalue weighted by Gasteiger charge is -2.10. The fourth-order valence-corrected chi connectivity index (χ4v) is 2.00. The summed E-state index contributed by atoms with van der Waals surface area (Å²) >= 11 is 5.91. The van der Waals surface area contributed by atoms with E-state index < -0.39 is 0 Å². The molecule has 0 aliphatic rings. The molecule has 0 amide bonds. The minimum absolute atomic E-state index is 0.211. The Morgan fingerprint density at radius 1 is 1.24 bits per heavy atom. The largest absolute Gasteiger partial charge is 0.489 e. The first-order valence-electron chi connectivity index (χ1n) is 6.22. The van der Waals surface area contributed by atoms with Crippen molar-refractivity contribution in [2.24, 2.45) is 5.16 Å². The second kappa shape index (κ2) is 7.32. The van der Waals surface area contributed by atoms with Crippen molar-refractivity contribution in [3.05, 3.63) is 64.7 Å². The molecule has 5 heteroatoms. The minimum atomic E-state index is 0.211. The SMILES string of the molecule is CON=C(C#N)c1ccccc1COc1cccc(Cl)c1. The highest BCUT2D eigenvalue weighted by Crippen LogP contribution is 2.19. The van der Waals surface area contributed by atoms with Gasteiger partial charge in [0, 0.05) is 10.6 Å². The molecule has 2 rings (SSSR count). The maximum Gasteiger partial charge on any atom is 0.187 e. The van der Waals surface area contributed by atoms with E-state index >= 15 is 0 Å². The molecule has 21 heavy (non-hydrogen) atoms. The summed E-state index contributed by atoms with van der Waals surface area (Å²) in [7, 11) is 1.41.